The minimum atomic E-state index is 0. The van der Waals surface area contributed by atoms with E-state index in [1.807, 2.05) is 0 Å². The molecule has 0 aliphatic heterocycles. The maximum absolute atomic E-state index is 4.00. The molecule has 0 saturated carbocycles. The van der Waals surface area contributed by atoms with E-state index in [9.17, 15) is 0 Å². The molecule has 0 heterocycles. The molecular formula is C23H50Br2N2. The van der Waals surface area contributed by atoms with Crippen LogP contribution in [0.3, 0.4) is 0 Å². The highest BCUT2D eigenvalue weighted by molar-refractivity contribution is 8.93. The molecule has 166 valence electrons. The van der Waals surface area contributed by atoms with E-state index in [1.54, 1.807) is 0 Å². The number of halogens is 2. The lowest BCUT2D eigenvalue weighted by Crippen LogP contribution is -2.51. The molecule has 4 heteroatoms. The smallest absolute Gasteiger partial charge is 0.0364 e. The van der Waals surface area contributed by atoms with Gasteiger partial charge in [-0.15, -0.1) is 40.5 Å². The fraction of sp³-hybridized carbons (Fsp3) is 0.913. The fourth-order valence-corrected chi connectivity index (χ4v) is 3.95. The predicted octanol–water partition coefficient (Wildman–Crippen LogP) is 7.67. The Hall–Kier alpha value is 0.620. The lowest BCUT2D eigenvalue weighted by molar-refractivity contribution is 0.0995. The van der Waals surface area contributed by atoms with E-state index in [1.165, 1.54) is 83.5 Å². The second-order valence-corrected chi connectivity index (χ2v) is 8.49. The van der Waals surface area contributed by atoms with Gasteiger partial charge in [0.1, 0.15) is 0 Å². The molecule has 27 heavy (non-hydrogen) atoms. The summed E-state index contributed by atoms with van der Waals surface area (Å²) in [6.45, 7) is 7.41. The summed E-state index contributed by atoms with van der Waals surface area (Å²) < 4.78 is 0. The molecule has 1 atom stereocenters. The van der Waals surface area contributed by atoms with Crippen LogP contribution in [0.1, 0.15) is 96.8 Å². The number of nitrogens with zero attached hydrogens (tertiary/aromatic N) is 2. The van der Waals surface area contributed by atoms with Gasteiger partial charge in [-0.25, -0.2) is 0 Å². The van der Waals surface area contributed by atoms with Crippen molar-refractivity contribution in [3.63, 3.8) is 0 Å². The fourth-order valence-electron chi connectivity index (χ4n) is 3.95. The third-order valence-corrected chi connectivity index (χ3v) is 5.58. The number of hydrogen-bond donors (Lipinski definition) is 0. The Balaban J connectivity index is -0.00000288. The van der Waals surface area contributed by atoms with Gasteiger partial charge in [0.15, 0.2) is 0 Å². The largest absolute Gasteiger partial charge is 0.308 e. The van der Waals surface area contributed by atoms with E-state index in [0.29, 0.717) is 0 Å². The molecule has 0 saturated heterocycles. The molecule has 0 aromatic carbocycles. The van der Waals surface area contributed by atoms with Crippen molar-refractivity contribution in [1.29, 1.82) is 0 Å². The normalized spacial score (nSPS) is 13.1. The van der Waals surface area contributed by atoms with Crippen LogP contribution in [0.5, 0.6) is 0 Å². The third-order valence-electron chi connectivity index (χ3n) is 5.58. The SMILES string of the molecule is Br.Br.C=CCC(CCCCCCCCCCCCCC)(CN(C)C)N(C)C. The summed E-state index contributed by atoms with van der Waals surface area (Å²) in [5, 5.41) is 0. The number of likely N-dealkylation sites (N-methyl/N-ethyl adjacent to an activating group) is 2. The molecule has 2 nitrogen and oxygen atoms in total. The van der Waals surface area contributed by atoms with Crippen molar-refractivity contribution in [2.24, 2.45) is 0 Å². The molecule has 0 aromatic rings. The maximum atomic E-state index is 4.00. The predicted molar refractivity (Wildman–Crippen MR) is 136 cm³/mol. The second-order valence-electron chi connectivity index (χ2n) is 8.49. The van der Waals surface area contributed by atoms with Crippen LogP contribution in [0.15, 0.2) is 12.7 Å². The van der Waals surface area contributed by atoms with Crippen molar-refractivity contribution in [3.05, 3.63) is 12.7 Å². The standard InChI is InChI=1S/C23H48N2.2BrH/c1-7-9-10-11-12-13-14-15-16-17-18-19-21-23(20-8-2,25(5)6)22-24(3)4;;/h8H,2,7,9-22H2,1,3-6H3;2*1H. The molecule has 0 aliphatic rings. The Kier molecular flexibility index (Phi) is 25.5. The van der Waals surface area contributed by atoms with Crippen LogP contribution < -0.4 is 0 Å². The van der Waals surface area contributed by atoms with E-state index in [0.717, 1.165) is 13.0 Å². The van der Waals surface area contributed by atoms with Gasteiger partial charge in [-0.3, -0.25) is 0 Å². The van der Waals surface area contributed by atoms with Crippen molar-refractivity contribution < 1.29 is 0 Å². The van der Waals surface area contributed by atoms with E-state index in [2.05, 4.69) is 57.6 Å². The molecular weight excluding hydrogens is 464 g/mol. The van der Waals surface area contributed by atoms with Crippen LogP contribution in [0.4, 0.5) is 0 Å². The summed E-state index contributed by atoms with van der Waals surface area (Å²) in [4.78, 5) is 4.75. The lowest BCUT2D eigenvalue weighted by atomic mass is 9.86. The van der Waals surface area contributed by atoms with Crippen molar-refractivity contribution in [2.45, 2.75) is 102 Å². The summed E-state index contributed by atoms with van der Waals surface area (Å²) in [7, 11) is 8.83. The first-order chi connectivity index (χ1) is 12.0. The zero-order valence-corrected chi connectivity index (χ0v) is 22.5. The highest BCUT2D eigenvalue weighted by Gasteiger charge is 2.31. The first-order valence-corrected chi connectivity index (χ1v) is 10.9. The van der Waals surface area contributed by atoms with Crippen LogP contribution >= 0.6 is 34.0 Å². The number of unbranched alkanes of at least 4 members (excludes halogenated alkanes) is 11. The van der Waals surface area contributed by atoms with E-state index >= 15 is 0 Å². The molecule has 0 radical (unpaired) electrons. The first kappa shape index (κ1) is 32.3. The molecule has 0 fully saturated rings. The molecule has 0 aliphatic carbocycles. The minimum absolute atomic E-state index is 0. The zero-order valence-electron chi connectivity index (χ0n) is 19.1. The summed E-state index contributed by atoms with van der Waals surface area (Å²) in [5.41, 5.74) is 0.254. The molecule has 0 rings (SSSR count). The van der Waals surface area contributed by atoms with Crippen molar-refractivity contribution >= 4 is 34.0 Å². The highest BCUT2D eigenvalue weighted by atomic mass is 79.9. The topological polar surface area (TPSA) is 6.48 Å². The average Bonchev–Trinajstić information content (AvgIpc) is 2.55. The van der Waals surface area contributed by atoms with Crippen LogP contribution in [-0.2, 0) is 0 Å². The summed E-state index contributed by atoms with van der Waals surface area (Å²) in [5.74, 6) is 0. The highest BCUT2D eigenvalue weighted by Crippen LogP contribution is 2.26. The van der Waals surface area contributed by atoms with Gasteiger partial charge in [0, 0.05) is 12.1 Å². The van der Waals surface area contributed by atoms with Gasteiger partial charge in [0.25, 0.3) is 0 Å². The van der Waals surface area contributed by atoms with E-state index < -0.39 is 0 Å². The molecule has 0 spiro atoms. The molecule has 1 unspecified atom stereocenters. The quantitative estimate of drug-likeness (QED) is 0.137. The van der Waals surface area contributed by atoms with Gasteiger partial charge in [-0.05, 0) is 41.0 Å². The Labute approximate surface area is 193 Å². The summed E-state index contributed by atoms with van der Waals surface area (Å²) >= 11 is 0. The Morgan fingerprint density at radius 1 is 0.704 bits per heavy atom. The minimum Gasteiger partial charge on any atom is -0.308 e. The first-order valence-electron chi connectivity index (χ1n) is 10.9. The monoisotopic (exact) mass is 512 g/mol. The Morgan fingerprint density at radius 2 is 1.11 bits per heavy atom. The van der Waals surface area contributed by atoms with Crippen LogP contribution in [-0.4, -0.2) is 50.1 Å². The molecule has 0 bridgehead atoms. The van der Waals surface area contributed by atoms with E-state index in [-0.39, 0.29) is 39.5 Å². The summed E-state index contributed by atoms with van der Waals surface area (Å²) in [6, 6.07) is 0. The second kappa shape index (κ2) is 21.3. The third kappa shape index (κ3) is 17.2. The van der Waals surface area contributed by atoms with Gasteiger partial charge in [-0.2, -0.15) is 0 Å². The van der Waals surface area contributed by atoms with Gasteiger partial charge in [0.05, 0.1) is 0 Å². The van der Waals surface area contributed by atoms with E-state index in [4.69, 9.17) is 0 Å². The van der Waals surface area contributed by atoms with Crippen molar-refractivity contribution in [1.82, 2.24) is 9.80 Å². The van der Waals surface area contributed by atoms with Gasteiger partial charge < -0.3 is 9.80 Å². The summed E-state index contributed by atoms with van der Waals surface area (Å²) in [6.07, 6.45) is 21.5. The van der Waals surface area contributed by atoms with Crippen molar-refractivity contribution in [3.8, 4) is 0 Å². The lowest BCUT2D eigenvalue weighted by Gasteiger charge is -2.41. The zero-order chi connectivity index (χ0) is 19.0. The van der Waals surface area contributed by atoms with Crippen molar-refractivity contribution in [2.75, 3.05) is 34.7 Å². The average molecular weight is 514 g/mol. The Morgan fingerprint density at radius 3 is 1.44 bits per heavy atom. The molecule has 0 N–H and O–H groups in total. The van der Waals surface area contributed by atoms with Crippen LogP contribution in [0.2, 0.25) is 0 Å². The number of rotatable bonds is 18. The van der Waals surface area contributed by atoms with Gasteiger partial charge in [-0.1, -0.05) is 90.0 Å². The molecule has 0 aromatic heterocycles. The number of hydrogen-bond acceptors (Lipinski definition) is 2. The van der Waals surface area contributed by atoms with Crippen LogP contribution in [0, 0.1) is 0 Å². The Bertz CT molecular complexity index is 309. The van der Waals surface area contributed by atoms with Crippen LogP contribution in [0.25, 0.3) is 0 Å². The van der Waals surface area contributed by atoms with Gasteiger partial charge in [0.2, 0.25) is 0 Å². The van der Waals surface area contributed by atoms with Gasteiger partial charge >= 0.3 is 0 Å². The maximum Gasteiger partial charge on any atom is 0.0364 e. The molecule has 0 amide bonds.